The van der Waals surface area contributed by atoms with Gasteiger partial charge in [-0.2, -0.15) is 0 Å². The largest absolute Gasteiger partial charge is 0.497 e. The standard InChI is InChI=1S/C14H20ClNO2/c1-14(2,10-15)16(3)13(17)9-11-6-5-7-12(8-11)18-4/h5-8H,9-10H2,1-4H3. The third-order valence-electron chi connectivity index (χ3n) is 3.10. The molecule has 0 saturated heterocycles. The Balaban J connectivity index is 2.75. The van der Waals surface area contributed by atoms with Crippen LogP contribution in [0.15, 0.2) is 24.3 Å². The van der Waals surface area contributed by atoms with Crippen LogP contribution < -0.4 is 4.74 Å². The first kappa shape index (κ1) is 14.8. The van der Waals surface area contributed by atoms with Gasteiger partial charge in [-0.05, 0) is 31.5 Å². The van der Waals surface area contributed by atoms with E-state index in [0.29, 0.717) is 12.3 Å². The van der Waals surface area contributed by atoms with Crippen LogP contribution in [0.4, 0.5) is 0 Å². The van der Waals surface area contributed by atoms with E-state index in [-0.39, 0.29) is 11.4 Å². The van der Waals surface area contributed by atoms with Crippen molar-refractivity contribution in [2.24, 2.45) is 0 Å². The smallest absolute Gasteiger partial charge is 0.227 e. The Morgan fingerprint density at radius 1 is 1.44 bits per heavy atom. The van der Waals surface area contributed by atoms with Gasteiger partial charge in [0.05, 0.1) is 19.1 Å². The van der Waals surface area contributed by atoms with Gasteiger partial charge in [-0.25, -0.2) is 0 Å². The van der Waals surface area contributed by atoms with Gasteiger partial charge in [0.25, 0.3) is 0 Å². The number of hydrogen-bond acceptors (Lipinski definition) is 2. The van der Waals surface area contributed by atoms with Gasteiger partial charge in [-0.15, -0.1) is 11.6 Å². The molecule has 0 N–H and O–H groups in total. The number of benzene rings is 1. The van der Waals surface area contributed by atoms with E-state index < -0.39 is 0 Å². The second-order valence-electron chi connectivity index (χ2n) is 4.93. The van der Waals surface area contributed by atoms with E-state index in [2.05, 4.69) is 0 Å². The van der Waals surface area contributed by atoms with Gasteiger partial charge in [0.15, 0.2) is 0 Å². The van der Waals surface area contributed by atoms with Crippen LogP contribution in [0.2, 0.25) is 0 Å². The number of ether oxygens (including phenoxy) is 1. The van der Waals surface area contributed by atoms with E-state index in [4.69, 9.17) is 16.3 Å². The molecule has 0 aliphatic carbocycles. The molecule has 0 aliphatic heterocycles. The number of likely N-dealkylation sites (N-methyl/N-ethyl adjacent to an activating group) is 1. The first-order valence-electron chi connectivity index (χ1n) is 5.86. The van der Waals surface area contributed by atoms with Gasteiger partial charge in [0, 0.05) is 12.9 Å². The van der Waals surface area contributed by atoms with Crippen LogP contribution in [0.3, 0.4) is 0 Å². The number of amides is 1. The molecule has 0 fully saturated rings. The summed E-state index contributed by atoms with van der Waals surface area (Å²) in [6, 6.07) is 7.54. The Bertz CT molecular complexity index is 418. The minimum atomic E-state index is -0.336. The Hall–Kier alpha value is -1.22. The highest BCUT2D eigenvalue weighted by atomic mass is 35.5. The molecule has 0 spiro atoms. The number of halogens is 1. The van der Waals surface area contributed by atoms with Crippen molar-refractivity contribution in [1.82, 2.24) is 4.90 Å². The summed E-state index contributed by atoms with van der Waals surface area (Å²) in [6.07, 6.45) is 0.355. The van der Waals surface area contributed by atoms with Crippen molar-refractivity contribution in [3.8, 4) is 5.75 Å². The summed E-state index contributed by atoms with van der Waals surface area (Å²) >= 11 is 5.87. The summed E-state index contributed by atoms with van der Waals surface area (Å²) in [5, 5.41) is 0. The number of carbonyl (C=O) groups is 1. The molecule has 0 aromatic heterocycles. The van der Waals surface area contributed by atoms with E-state index >= 15 is 0 Å². The van der Waals surface area contributed by atoms with Gasteiger partial charge < -0.3 is 9.64 Å². The molecule has 3 nitrogen and oxygen atoms in total. The second kappa shape index (κ2) is 6.10. The highest BCUT2D eigenvalue weighted by Crippen LogP contribution is 2.18. The lowest BCUT2D eigenvalue weighted by molar-refractivity contribution is -0.133. The predicted octanol–water partition coefficient (Wildman–Crippen LogP) is 2.71. The van der Waals surface area contributed by atoms with Crippen LogP contribution in [0.5, 0.6) is 5.75 Å². The molecule has 1 rings (SSSR count). The highest BCUT2D eigenvalue weighted by molar-refractivity contribution is 6.18. The van der Waals surface area contributed by atoms with Gasteiger partial charge in [0.2, 0.25) is 5.91 Å². The monoisotopic (exact) mass is 269 g/mol. The fourth-order valence-electron chi connectivity index (χ4n) is 1.50. The third kappa shape index (κ3) is 3.64. The maximum atomic E-state index is 12.1. The van der Waals surface area contributed by atoms with Crippen LogP contribution in [0.25, 0.3) is 0 Å². The molecule has 0 saturated carbocycles. The zero-order valence-corrected chi connectivity index (χ0v) is 12.1. The minimum Gasteiger partial charge on any atom is -0.497 e. The lowest BCUT2D eigenvalue weighted by atomic mass is 10.0. The van der Waals surface area contributed by atoms with Crippen LogP contribution in [0.1, 0.15) is 19.4 Å². The molecule has 0 atom stereocenters. The molecule has 1 aromatic carbocycles. The Morgan fingerprint density at radius 3 is 2.67 bits per heavy atom. The van der Waals surface area contributed by atoms with Crippen LogP contribution in [-0.2, 0) is 11.2 Å². The van der Waals surface area contributed by atoms with Crippen molar-refractivity contribution in [2.45, 2.75) is 25.8 Å². The Labute approximate surface area is 114 Å². The van der Waals surface area contributed by atoms with Crippen molar-refractivity contribution >= 4 is 17.5 Å². The Kier molecular flexibility index (Phi) is 5.03. The fraction of sp³-hybridized carbons (Fsp3) is 0.500. The SMILES string of the molecule is COc1cccc(CC(=O)N(C)C(C)(C)CCl)c1. The molecule has 18 heavy (non-hydrogen) atoms. The molecule has 0 unspecified atom stereocenters. The van der Waals surface area contributed by atoms with Crippen molar-refractivity contribution in [1.29, 1.82) is 0 Å². The normalized spacial score (nSPS) is 11.2. The summed E-state index contributed by atoms with van der Waals surface area (Å²) in [6.45, 7) is 3.90. The number of carbonyl (C=O) groups excluding carboxylic acids is 1. The quantitative estimate of drug-likeness (QED) is 0.770. The second-order valence-corrected chi connectivity index (χ2v) is 5.19. The molecule has 0 bridgehead atoms. The van der Waals surface area contributed by atoms with E-state index in [0.717, 1.165) is 11.3 Å². The van der Waals surface area contributed by atoms with E-state index in [1.807, 2.05) is 38.1 Å². The summed E-state index contributed by atoms with van der Waals surface area (Å²) < 4.78 is 5.14. The lowest BCUT2D eigenvalue weighted by Gasteiger charge is -2.34. The zero-order chi connectivity index (χ0) is 13.8. The lowest BCUT2D eigenvalue weighted by Crippen LogP contribution is -2.47. The molecule has 0 radical (unpaired) electrons. The number of rotatable bonds is 5. The predicted molar refractivity (Wildman–Crippen MR) is 74.3 cm³/mol. The Morgan fingerprint density at radius 2 is 2.11 bits per heavy atom. The molecular formula is C14H20ClNO2. The third-order valence-corrected chi connectivity index (χ3v) is 3.75. The minimum absolute atomic E-state index is 0.0499. The summed E-state index contributed by atoms with van der Waals surface area (Å²) in [5.41, 5.74) is 0.605. The summed E-state index contributed by atoms with van der Waals surface area (Å²) in [5.74, 6) is 1.22. The zero-order valence-electron chi connectivity index (χ0n) is 11.4. The maximum absolute atomic E-state index is 12.1. The van der Waals surface area contributed by atoms with Crippen molar-refractivity contribution in [3.05, 3.63) is 29.8 Å². The molecule has 1 aromatic rings. The number of alkyl halides is 1. The maximum Gasteiger partial charge on any atom is 0.227 e. The number of hydrogen-bond donors (Lipinski definition) is 0. The molecule has 0 aliphatic rings. The van der Waals surface area contributed by atoms with Crippen LogP contribution >= 0.6 is 11.6 Å². The number of nitrogens with zero attached hydrogens (tertiary/aromatic N) is 1. The average Bonchev–Trinajstić information content (AvgIpc) is 2.37. The van der Waals surface area contributed by atoms with E-state index in [1.54, 1.807) is 19.1 Å². The van der Waals surface area contributed by atoms with Gasteiger partial charge >= 0.3 is 0 Å². The number of methoxy groups -OCH3 is 1. The van der Waals surface area contributed by atoms with Crippen LogP contribution in [-0.4, -0.2) is 36.4 Å². The highest BCUT2D eigenvalue weighted by Gasteiger charge is 2.26. The van der Waals surface area contributed by atoms with Gasteiger partial charge in [-0.3, -0.25) is 4.79 Å². The van der Waals surface area contributed by atoms with Crippen molar-refractivity contribution in [3.63, 3.8) is 0 Å². The first-order chi connectivity index (χ1) is 8.40. The van der Waals surface area contributed by atoms with E-state index in [9.17, 15) is 4.79 Å². The van der Waals surface area contributed by atoms with Gasteiger partial charge in [-0.1, -0.05) is 12.1 Å². The molecule has 0 heterocycles. The molecule has 4 heteroatoms. The molecular weight excluding hydrogens is 250 g/mol. The van der Waals surface area contributed by atoms with Crippen molar-refractivity contribution in [2.75, 3.05) is 20.0 Å². The molecule has 1 amide bonds. The van der Waals surface area contributed by atoms with E-state index in [1.165, 1.54) is 0 Å². The molecule has 100 valence electrons. The van der Waals surface area contributed by atoms with Crippen molar-refractivity contribution < 1.29 is 9.53 Å². The first-order valence-corrected chi connectivity index (χ1v) is 6.39. The topological polar surface area (TPSA) is 29.5 Å². The van der Waals surface area contributed by atoms with Gasteiger partial charge in [0.1, 0.15) is 5.75 Å². The summed E-state index contributed by atoms with van der Waals surface area (Å²) in [7, 11) is 3.40. The van der Waals surface area contributed by atoms with Crippen LogP contribution in [0, 0.1) is 0 Å². The fourth-order valence-corrected chi connectivity index (χ4v) is 1.68. The summed E-state index contributed by atoms with van der Waals surface area (Å²) in [4.78, 5) is 13.8. The average molecular weight is 270 g/mol.